The van der Waals surface area contributed by atoms with E-state index in [1.54, 1.807) is 25.3 Å². The van der Waals surface area contributed by atoms with Gasteiger partial charge in [-0.1, -0.05) is 17.3 Å². The van der Waals surface area contributed by atoms with Crippen LogP contribution in [-0.2, 0) is 35.5 Å². The molecule has 3 aliphatic rings. The number of hydrogen-bond acceptors (Lipinski definition) is 10. The highest BCUT2D eigenvalue weighted by Gasteiger charge is 2.37. The van der Waals surface area contributed by atoms with Crippen LogP contribution in [0.3, 0.4) is 0 Å². The number of nitrogens with one attached hydrogen (secondary N) is 1. The van der Waals surface area contributed by atoms with E-state index >= 15 is 0 Å². The van der Waals surface area contributed by atoms with Crippen molar-refractivity contribution < 1.29 is 27.6 Å². The van der Waals surface area contributed by atoms with Crippen LogP contribution in [-0.4, -0.2) is 84.6 Å². The van der Waals surface area contributed by atoms with Gasteiger partial charge in [-0.15, -0.1) is 11.3 Å². The van der Waals surface area contributed by atoms with Gasteiger partial charge in [0, 0.05) is 62.2 Å². The number of oxime groups is 1. The Bertz CT molecular complexity index is 1320. The third-order valence-electron chi connectivity index (χ3n) is 6.82. The monoisotopic (exact) mass is 561 g/mol. The zero-order valence-corrected chi connectivity index (χ0v) is 23.0. The summed E-state index contributed by atoms with van der Waals surface area (Å²) in [6, 6.07) is 6.26. The molecule has 3 fully saturated rings. The van der Waals surface area contributed by atoms with E-state index in [4.69, 9.17) is 9.57 Å². The maximum absolute atomic E-state index is 13.2. The standard InChI is InChI=1S/C25H31N5O6S2/c1-16-14-29(10-11-30(16)17(2)31)15-19-13-26-25(37-19)27-24(32)23(28-36-22-9-12-35-22)18-3-5-20(6-4-18)38(33,34)21-7-8-21/h3-6,13,16,21-22H,7-12,14-15H2,1-2H3,(H,26,27,32)/b28-23+/t16-,22?/m0/s1. The number of hydrogen-bond donors (Lipinski definition) is 1. The van der Waals surface area contributed by atoms with E-state index in [1.165, 1.54) is 23.5 Å². The second-order valence-electron chi connectivity index (χ2n) is 9.79. The number of carbonyl (C=O) groups is 2. The molecule has 3 heterocycles. The van der Waals surface area contributed by atoms with Crippen LogP contribution in [0.25, 0.3) is 0 Å². The fourth-order valence-corrected chi connectivity index (χ4v) is 6.97. The minimum atomic E-state index is -3.34. The Morgan fingerprint density at radius 2 is 1.95 bits per heavy atom. The Morgan fingerprint density at radius 3 is 2.55 bits per heavy atom. The highest BCUT2D eigenvalue weighted by molar-refractivity contribution is 7.92. The number of carbonyl (C=O) groups excluding carboxylic acids is 2. The van der Waals surface area contributed by atoms with Crippen LogP contribution < -0.4 is 5.32 Å². The summed E-state index contributed by atoms with van der Waals surface area (Å²) in [4.78, 5) is 40.0. The fourth-order valence-electron chi connectivity index (χ4n) is 4.47. The van der Waals surface area contributed by atoms with Gasteiger partial charge in [0.25, 0.3) is 5.91 Å². The van der Waals surface area contributed by atoms with Gasteiger partial charge in [-0.05, 0) is 31.9 Å². The van der Waals surface area contributed by atoms with Crippen molar-refractivity contribution in [1.29, 1.82) is 0 Å². The van der Waals surface area contributed by atoms with Crippen molar-refractivity contribution in [3.63, 3.8) is 0 Å². The first kappa shape index (κ1) is 26.7. The second kappa shape index (κ2) is 11.1. The lowest BCUT2D eigenvalue weighted by Gasteiger charge is -2.39. The first-order valence-electron chi connectivity index (χ1n) is 12.7. The molecule has 1 aromatic heterocycles. The van der Waals surface area contributed by atoms with Crippen LogP contribution >= 0.6 is 11.3 Å². The maximum atomic E-state index is 13.2. The van der Waals surface area contributed by atoms with Crippen molar-refractivity contribution >= 4 is 43.8 Å². The van der Waals surface area contributed by atoms with Gasteiger partial charge >= 0.3 is 0 Å². The number of anilines is 1. The summed E-state index contributed by atoms with van der Waals surface area (Å²) in [5, 5.41) is 6.94. The summed E-state index contributed by atoms with van der Waals surface area (Å²) in [6.07, 6.45) is 3.25. The summed E-state index contributed by atoms with van der Waals surface area (Å²) < 4.78 is 30.3. The van der Waals surface area contributed by atoms with Crippen LogP contribution in [0.15, 0.2) is 40.5 Å². The third kappa shape index (κ3) is 6.06. The number of rotatable bonds is 9. The van der Waals surface area contributed by atoms with Crippen LogP contribution in [0.5, 0.6) is 0 Å². The second-order valence-corrected chi connectivity index (χ2v) is 13.1. The zero-order valence-electron chi connectivity index (χ0n) is 21.3. The van der Waals surface area contributed by atoms with Crippen molar-refractivity contribution in [3.8, 4) is 0 Å². The lowest BCUT2D eigenvalue weighted by Crippen LogP contribution is -2.52. The smallest absolute Gasteiger partial charge is 0.280 e. The topological polar surface area (TPSA) is 130 Å². The molecule has 1 aromatic carbocycles. The molecule has 2 amide bonds. The number of ether oxygens (including phenoxy) is 1. The Hall–Kier alpha value is -2.87. The van der Waals surface area contributed by atoms with Crippen molar-refractivity contribution in [2.75, 3.05) is 31.6 Å². The Balaban J connectivity index is 1.26. The third-order valence-corrected chi connectivity index (χ3v) is 10.00. The van der Waals surface area contributed by atoms with Crippen molar-refractivity contribution in [2.45, 2.75) is 62.1 Å². The molecular formula is C25H31N5O6S2. The van der Waals surface area contributed by atoms with Gasteiger partial charge in [0.05, 0.1) is 16.8 Å². The molecule has 5 rings (SSSR count). The number of amides is 2. The van der Waals surface area contributed by atoms with Crippen LogP contribution in [0.4, 0.5) is 5.13 Å². The average Bonchev–Trinajstić information content (AvgIpc) is 3.63. The number of nitrogens with zero attached hydrogens (tertiary/aromatic N) is 4. The van der Waals surface area contributed by atoms with Crippen molar-refractivity contribution in [2.24, 2.45) is 5.16 Å². The molecule has 204 valence electrons. The van der Waals surface area contributed by atoms with E-state index < -0.39 is 22.0 Å². The molecule has 2 aliphatic heterocycles. The average molecular weight is 562 g/mol. The Kier molecular flexibility index (Phi) is 7.80. The maximum Gasteiger partial charge on any atom is 0.280 e. The zero-order chi connectivity index (χ0) is 26.9. The minimum Gasteiger partial charge on any atom is -0.363 e. The minimum absolute atomic E-state index is 0.00167. The lowest BCUT2D eigenvalue weighted by molar-refractivity contribution is -0.214. The van der Waals surface area contributed by atoms with Crippen LogP contribution in [0.2, 0.25) is 0 Å². The molecule has 2 atom stereocenters. The van der Waals surface area contributed by atoms with E-state index in [-0.39, 0.29) is 27.8 Å². The molecule has 1 aliphatic carbocycles. The molecule has 13 heteroatoms. The number of thiazole rings is 1. The molecule has 1 N–H and O–H groups in total. The predicted molar refractivity (Wildman–Crippen MR) is 141 cm³/mol. The summed E-state index contributed by atoms with van der Waals surface area (Å²) >= 11 is 1.37. The molecule has 1 saturated carbocycles. The SMILES string of the molecule is CC(=O)N1CCN(Cc2cnc(NC(=O)/C(=N/OC3CCO3)c3ccc(S(=O)(=O)C4CC4)cc3)s2)C[C@@H]1C. The first-order chi connectivity index (χ1) is 18.2. The lowest BCUT2D eigenvalue weighted by atomic mass is 10.1. The van der Waals surface area contributed by atoms with Gasteiger partial charge in [-0.2, -0.15) is 0 Å². The molecule has 0 radical (unpaired) electrons. The van der Waals surface area contributed by atoms with Gasteiger partial charge in [0.2, 0.25) is 12.2 Å². The van der Waals surface area contributed by atoms with Crippen LogP contribution in [0, 0.1) is 0 Å². The number of sulfone groups is 1. The summed E-state index contributed by atoms with van der Waals surface area (Å²) in [5.41, 5.74) is 0.424. The molecule has 0 spiro atoms. The van der Waals surface area contributed by atoms with E-state index in [1.807, 2.05) is 11.8 Å². The fraction of sp³-hybridized carbons (Fsp3) is 0.520. The van der Waals surface area contributed by atoms with Gasteiger partial charge in [0.15, 0.2) is 20.7 Å². The molecule has 0 bridgehead atoms. The Labute approximate surface area is 225 Å². The van der Waals surface area contributed by atoms with E-state index in [9.17, 15) is 18.0 Å². The van der Waals surface area contributed by atoms with Gasteiger partial charge in [-0.3, -0.25) is 19.8 Å². The van der Waals surface area contributed by atoms with Gasteiger partial charge < -0.3 is 14.5 Å². The number of benzene rings is 1. The predicted octanol–water partition coefficient (Wildman–Crippen LogP) is 2.24. The highest BCUT2D eigenvalue weighted by atomic mass is 32.2. The molecule has 2 aromatic rings. The van der Waals surface area contributed by atoms with Crippen LogP contribution in [0.1, 0.15) is 43.6 Å². The molecule has 1 unspecified atom stereocenters. The summed E-state index contributed by atoms with van der Waals surface area (Å²) in [7, 11) is -3.34. The number of piperazine rings is 1. The van der Waals surface area contributed by atoms with Gasteiger partial charge in [-0.25, -0.2) is 13.4 Å². The molecular weight excluding hydrogens is 530 g/mol. The van der Waals surface area contributed by atoms with E-state index in [2.05, 4.69) is 20.4 Å². The Morgan fingerprint density at radius 1 is 1.21 bits per heavy atom. The highest BCUT2D eigenvalue weighted by Crippen LogP contribution is 2.33. The molecule has 38 heavy (non-hydrogen) atoms. The normalized spacial score (nSPS) is 22.6. The first-order valence-corrected chi connectivity index (χ1v) is 15.0. The van der Waals surface area contributed by atoms with Gasteiger partial charge in [0.1, 0.15) is 0 Å². The summed E-state index contributed by atoms with van der Waals surface area (Å²) in [5.74, 6) is -0.434. The molecule has 2 saturated heterocycles. The summed E-state index contributed by atoms with van der Waals surface area (Å²) in [6.45, 7) is 7.10. The number of aromatic nitrogens is 1. The van der Waals surface area contributed by atoms with Crippen molar-refractivity contribution in [3.05, 3.63) is 40.9 Å². The van der Waals surface area contributed by atoms with E-state index in [0.29, 0.717) is 49.7 Å². The van der Waals surface area contributed by atoms with Crippen molar-refractivity contribution in [1.82, 2.24) is 14.8 Å². The van der Waals surface area contributed by atoms with E-state index in [0.717, 1.165) is 18.0 Å². The molecule has 11 nitrogen and oxygen atoms in total. The quantitative estimate of drug-likeness (QED) is 0.364. The largest absolute Gasteiger partial charge is 0.363 e.